The minimum Gasteiger partial charge on any atom is -0.386 e. The molecular formula is C11H11F3N2. The van der Waals surface area contributed by atoms with E-state index < -0.39 is 11.7 Å². The molecule has 86 valence electrons. The third kappa shape index (κ3) is 1.98. The van der Waals surface area contributed by atoms with Crippen LogP contribution in [0.4, 0.5) is 13.2 Å². The maximum atomic E-state index is 12.7. The average molecular weight is 228 g/mol. The quantitative estimate of drug-likeness (QED) is 0.773. The van der Waals surface area contributed by atoms with Gasteiger partial charge in [0.15, 0.2) is 0 Å². The first-order valence-electron chi connectivity index (χ1n) is 4.86. The van der Waals surface area contributed by atoms with E-state index >= 15 is 0 Å². The molecule has 0 bridgehead atoms. The van der Waals surface area contributed by atoms with Crippen LogP contribution >= 0.6 is 0 Å². The van der Waals surface area contributed by atoms with E-state index in [2.05, 4.69) is 5.32 Å². The summed E-state index contributed by atoms with van der Waals surface area (Å²) in [6.07, 6.45) is -2.70. The second-order valence-electron chi connectivity index (χ2n) is 3.69. The largest absolute Gasteiger partial charge is 0.416 e. The van der Waals surface area contributed by atoms with Crippen LogP contribution in [0.15, 0.2) is 36.2 Å². The van der Waals surface area contributed by atoms with Crippen molar-refractivity contribution in [3.05, 3.63) is 47.3 Å². The van der Waals surface area contributed by atoms with Crippen LogP contribution in [0.5, 0.6) is 0 Å². The standard InChI is InChI=1S/C11H11F3N2/c12-11(13,14)9-4-2-1-3-8(9)7-5-10(15)16-6-7/h1-5,7,16H,6,15H2/t7-/m1/s1. The van der Waals surface area contributed by atoms with E-state index in [-0.39, 0.29) is 11.5 Å². The molecule has 0 amide bonds. The zero-order valence-corrected chi connectivity index (χ0v) is 8.38. The topological polar surface area (TPSA) is 38.0 Å². The molecule has 0 aromatic heterocycles. The molecule has 5 heteroatoms. The van der Waals surface area contributed by atoms with Gasteiger partial charge >= 0.3 is 6.18 Å². The fourth-order valence-corrected chi connectivity index (χ4v) is 1.84. The van der Waals surface area contributed by atoms with E-state index in [0.29, 0.717) is 12.4 Å². The number of nitrogens with one attached hydrogen (secondary N) is 1. The highest BCUT2D eigenvalue weighted by atomic mass is 19.4. The fourth-order valence-electron chi connectivity index (χ4n) is 1.84. The molecule has 0 aliphatic carbocycles. The van der Waals surface area contributed by atoms with Gasteiger partial charge in [-0.05, 0) is 17.7 Å². The lowest BCUT2D eigenvalue weighted by molar-refractivity contribution is -0.138. The summed E-state index contributed by atoms with van der Waals surface area (Å²) in [6.45, 7) is 0.416. The van der Waals surface area contributed by atoms with Crippen molar-refractivity contribution < 1.29 is 13.2 Å². The number of nitrogens with two attached hydrogens (primary N) is 1. The summed E-state index contributed by atoms with van der Waals surface area (Å²) in [6, 6.07) is 5.58. The van der Waals surface area contributed by atoms with Crippen LogP contribution in [0.3, 0.4) is 0 Å². The average Bonchev–Trinajstić information content (AvgIpc) is 2.64. The molecule has 3 N–H and O–H groups in total. The van der Waals surface area contributed by atoms with Gasteiger partial charge in [0.25, 0.3) is 0 Å². The number of halogens is 3. The van der Waals surface area contributed by atoms with Crippen molar-refractivity contribution in [3.63, 3.8) is 0 Å². The molecular weight excluding hydrogens is 217 g/mol. The number of hydrogen-bond acceptors (Lipinski definition) is 2. The highest BCUT2D eigenvalue weighted by Gasteiger charge is 2.35. The molecule has 2 rings (SSSR count). The molecule has 1 aromatic carbocycles. The third-order valence-corrected chi connectivity index (χ3v) is 2.57. The first-order chi connectivity index (χ1) is 7.48. The van der Waals surface area contributed by atoms with Crippen LogP contribution in [0.25, 0.3) is 0 Å². The Balaban J connectivity index is 2.41. The minimum absolute atomic E-state index is 0.267. The van der Waals surface area contributed by atoms with Crippen molar-refractivity contribution in [1.82, 2.24) is 5.32 Å². The van der Waals surface area contributed by atoms with Crippen LogP contribution in [0, 0.1) is 0 Å². The maximum absolute atomic E-state index is 12.7. The Morgan fingerprint density at radius 2 is 1.94 bits per heavy atom. The Labute approximate surface area is 90.9 Å². The molecule has 1 heterocycles. The van der Waals surface area contributed by atoms with E-state index in [4.69, 9.17) is 5.73 Å². The van der Waals surface area contributed by atoms with Gasteiger partial charge in [0.05, 0.1) is 11.4 Å². The number of rotatable bonds is 1. The van der Waals surface area contributed by atoms with E-state index in [0.717, 1.165) is 6.07 Å². The SMILES string of the molecule is NC1=C[C@@H](c2ccccc2C(F)(F)F)CN1. The van der Waals surface area contributed by atoms with Gasteiger partial charge < -0.3 is 11.1 Å². The van der Waals surface area contributed by atoms with Gasteiger partial charge in [0.2, 0.25) is 0 Å². The van der Waals surface area contributed by atoms with Crippen LogP contribution in [0.2, 0.25) is 0 Å². The zero-order valence-electron chi connectivity index (χ0n) is 8.38. The summed E-state index contributed by atoms with van der Waals surface area (Å²) in [7, 11) is 0. The maximum Gasteiger partial charge on any atom is 0.416 e. The van der Waals surface area contributed by atoms with Crippen molar-refractivity contribution in [2.75, 3.05) is 6.54 Å². The summed E-state index contributed by atoms with van der Waals surface area (Å²) in [4.78, 5) is 0. The van der Waals surface area contributed by atoms with E-state index in [9.17, 15) is 13.2 Å². The molecule has 1 atom stereocenters. The van der Waals surface area contributed by atoms with Crippen molar-refractivity contribution >= 4 is 0 Å². The summed E-state index contributed by atoms with van der Waals surface area (Å²) in [5, 5.41) is 2.82. The monoisotopic (exact) mass is 228 g/mol. The van der Waals surface area contributed by atoms with Crippen LogP contribution in [0.1, 0.15) is 17.0 Å². The molecule has 0 saturated carbocycles. The molecule has 0 radical (unpaired) electrons. The minimum atomic E-state index is -4.32. The van der Waals surface area contributed by atoms with Crippen molar-refractivity contribution in [1.29, 1.82) is 0 Å². The van der Waals surface area contributed by atoms with Crippen molar-refractivity contribution in [2.45, 2.75) is 12.1 Å². The Kier molecular flexibility index (Phi) is 2.53. The van der Waals surface area contributed by atoms with Gasteiger partial charge in [-0.2, -0.15) is 13.2 Å². The summed E-state index contributed by atoms with van der Waals surface area (Å²) in [5.41, 5.74) is 5.17. The predicted octanol–water partition coefficient (Wildman–Crippen LogP) is 2.19. The van der Waals surface area contributed by atoms with Crippen LogP contribution in [-0.4, -0.2) is 6.54 Å². The second-order valence-corrected chi connectivity index (χ2v) is 3.69. The molecule has 0 unspecified atom stereocenters. The summed E-state index contributed by atoms with van der Waals surface area (Å²) < 4.78 is 38.2. The van der Waals surface area contributed by atoms with Gasteiger partial charge in [0.1, 0.15) is 0 Å². The fraction of sp³-hybridized carbons (Fsp3) is 0.273. The van der Waals surface area contributed by atoms with E-state index in [1.807, 2.05) is 0 Å². The van der Waals surface area contributed by atoms with Crippen LogP contribution in [-0.2, 0) is 6.18 Å². The second kappa shape index (κ2) is 3.73. The molecule has 0 spiro atoms. The molecule has 0 saturated heterocycles. The lowest BCUT2D eigenvalue weighted by atomic mass is 9.95. The molecule has 0 fully saturated rings. The van der Waals surface area contributed by atoms with E-state index in [1.54, 1.807) is 12.1 Å². The number of hydrogen-bond donors (Lipinski definition) is 2. The molecule has 2 nitrogen and oxygen atoms in total. The summed E-state index contributed by atoms with van der Waals surface area (Å²) >= 11 is 0. The molecule has 1 aromatic rings. The van der Waals surface area contributed by atoms with Gasteiger partial charge in [-0.15, -0.1) is 0 Å². The third-order valence-electron chi connectivity index (χ3n) is 2.57. The number of benzene rings is 1. The van der Waals surface area contributed by atoms with Crippen LogP contribution < -0.4 is 11.1 Å². The molecule has 1 aliphatic rings. The first-order valence-corrected chi connectivity index (χ1v) is 4.86. The Morgan fingerprint density at radius 1 is 1.25 bits per heavy atom. The summed E-state index contributed by atoms with van der Waals surface area (Å²) in [5.74, 6) is 0.125. The van der Waals surface area contributed by atoms with Gasteiger partial charge in [-0.3, -0.25) is 0 Å². The zero-order chi connectivity index (χ0) is 11.8. The highest BCUT2D eigenvalue weighted by molar-refractivity contribution is 5.37. The molecule has 16 heavy (non-hydrogen) atoms. The van der Waals surface area contributed by atoms with Gasteiger partial charge in [0, 0.05) is 12.5 Å². The van der Waals surface area contributed by atoms with E-state index in [1.165, 1.54) is 12.1 Å². The molecule has 1 aliphatic heterocycles. The lowest BCUT2D eigenvalue weighted by Crippen LogP contribution is -2.17. The predicted molar refractivity (Wildman–Crippen MR) is 54.5 cm³/mol. The number of alkyl halides is 3. The first kappa shape index (κ1) is 10.9. The van der Waals surface area contributed by atoms with Crippen molar-refractivity contribution in [3.8, 4) is 0 Å². The Hall–Kier alpha value is -1.65. The smallest absolute Gasteiger partial charge is 0.386 e. The van der Waals surface area contributed by atoms with Gasteiger partial charge in [-0.1, -0.05) is 18.2 Å². The lowest BCUT2D eigenvalue weighted by Gasteiger charge is -2.15. The normalized spacial score (nSPS) is 20.4. The Bertz CT molecular complexity index is 423. The Morgan fingerprint density at radius 3 is 2.50 bits per heavy atom. The highest BCUT2D eigenvalue weighted by Crippen LogP contribution is 2.36. The van der Waals surface area contributed by atoms with Crippen molar-refractivity contribution in [2.24, 2.45) is 5.73 Å². The van der Waals surface area contributed by atoms with Gasteiger partial charge in [-0.25, -0.2) is 0 Å².